The number of nitrogens with zero attached hydrogens (tertiary/aromatic N) is 3. The van der Waals surface area contributed by atoms with Crippen molar-refractivity contribution in [2.75, 3.05) is 0 Å². The SMILES string of the molecule is CC(C)[C@@H]1N=C2c3ccccc3N=C(S[C@H](C)C(=O)NCc3cccs3)N2C1=O. The molecule has 2 atom stereocenters. The maximum absolute atomic E-state index is 13.1. The van der Waals surface area contributed by atoms with Crippen molar-refractivity contribution in [1.29, 1.82) is 0 Å². The van der Waals surface area contributed by atoms with E-state index in [1.54, 1.807) is 16.2 Å². The minimum atomic E-state index is -0.426. The number of nitrogens with one attached hydrogen (secondary N) is 1. The number of benzene rings is 1. The molecule has 2 amide bonds. The van der Waals surface area contributed by atoms with Crippen molar-refractivity contribution in [3.05, 3.63) is 52.2 Å². The van der Waals surface area contributed by atoms with Crippen LogP contribution in [0.5, 0.6) is 0 Å². The van der Waals surface area contributed by atoms with E-state index in [1.165, 1.54) is 11.8 Å². The van der Waals surface area contributed by atoms with Crippen molar-refractivity contribution < 1.29 is 9.59 Å². The Labute approximate surface area is 178 Å². The van der Waals surface area contributed by atoms with Crippen LogP contribution in [0.3, 0.4) is 0 Å². The Balaban J connectivity index is 1.56. The van der Waals surface area contributed by atoms with E-state index in [2.05, 4.69) is 5.32 Å². The molecule has 29 heavy (non-hydrogen) atoms. The third-order valence-corrected chi connectivity index (χ3v) is 6.73. The molecule has 0 aliphatic carbocycles. The van der Waals surface area contributed by atoms with Crippen molar-refractivity contribution in [3.63, 3.8) is 0 Å². The Bertz CT molecular complexity index is 998. The van der Waals surface area contributed by atoms with Gasteiger partial charge in [-0.3, -0.25) is 14.6 Å². The van der Waals surface area contributed by atoms with E-state index < -0.39 is 11.3 Å². The quantitative estimate of drug-likeness (QED) is 0.790. The summed E-state index contributed by atoms with van der Waals surface area (Å²) in [6, 6.07) is 11.2. The Kier molecular flexibility index (Phi) is 5.56. The first-order chi connectivity index (χ1) is 14.0. The number of hydrogen-bond acceptors (Lipinski definition) is 6. The first-order valence-electron chi connectivity index (χ1n) is 9.52. The molecule has 0 spiro atoms. The maximum atomic E-state index is 13.1. The summed E-state index contributed by atoms with van der Waals surface area (Å²) >= 11 is 2.90. The molecule has 0 saturated heterocycles. The topological polar surface area (TPSA) is 74.1 Å². The van der Waals surface area contributed by atoms with Crippen LogP contribution < -0.4 is 5.32 Å². The summed E-state index contributed by atoms with van der Waals surface area (Å²) in [6.45, 7) is 6.30. The van der Waals surface area contributed by atoms with Crippen LogP contribution >= 0.6 is 23.1 Å². The molecule has 3 heterocycles. The number of rotatable bonds is 5. The molecule has 1 aromatic heterocycles. The van der Waals surface area contributed by atoms with E-state index in [-0.39, 0.29) is 17.7 Å². The van der Waals surface area contributed by atoms with Crippen LogP contribution in [0.2, 0.25) is 0 Å². The normalized spacial score (nSPS) is 18.8. The standard InChI is InChI=1S/C21H22N4O2S2/c1-12(2)17-20(27)25-18(24-17)15-8-4-5-9-16(15)23-21(25)29-13(3)19(26)22-11-14-7-6-10-28-14/h4-10,12-13,17H,11H2,1-3H3,(H,22,26)/t13-,17+/m1/s1. The van der Waals surface area contributed by atoms with Gasteiger partial charge in [-0.05, 0) is 36.4 Å². The summed E-state index contributed by atoms with van der Waals surface area (Å²) in [5.41, 5.74) is 1.62. The lowest BCUT2D eigenvalue weighted by Gasteiger charge is -2.27. The third-order valence-electron chi connectivity index (χ3n) is 4.80. The molecule has 4 rings (SSSR count). The van der Waals surface area contributed by atoms with Gasteiger partial charge in [0.05, 0.1) is 17.5 Å². The van der Waals surface area contributed by atoms with Gasteiger partial charge in [-0.1, -0.05) is 43.8 Å². The molecule has 0 bridgehead atoms. The van der Waals surface area contributed by atoms with Gasteiger partial charge in [0.2, 0.25) is 5.91 Å². The zero-order valence-electron chi connectivity index (χ0n) is 16.5. The highest BCUT2D eigenvalue weighted by Crippen LogP contribution is 2.35. The third kappa shape index (κ3) is 3.86. The number of amides is 2. The lowest BCUT2D eigenvalue weighted by atomic mass is 10.1. The van der Waals surface area contributed by atoms with Crippen LogP contribution in [0, 0.1) is 5.92 Å². The van der Waals surface area contributed by atoms with Crippen LogP contribution in [0.4, 0.5) is 5.69 Å². The number of carbonyl (C=O) groups excluding carboxylic acids is 2. The van der Waals surface area contributed by atoms with Gasteiger partial charge >= 0.3 is 0 Å². The van der Waals surface area contributed by atoms with E-state index >= 15 is 0 Å². The van der Waals surface area contributed by atoms with Gasteiger partial charge < -0.3 is 5.32 Å². The molecule has 0 fully saturated rings. The number of thioether (sulfide) groups is 1. The molecule has 2 aliphatic rings. The molecule has 150 valence electrons. The van der Waals surface area contributed by atoms with Gasteiger partial charge in [-0.15, -0.1) is 11.3 Å². The fourth-order valence-electron chi connectivity index (χ4n) is 3.23. The molecule has 6 nitrogen and oxygen atoms in total. The molecule has 0 radical (unpaired) electrons. The van der Waals surface area contributed by atoms with Crippen molar-refractivity contribution in [2.24, 2.45) is 15.9 Å². The number of thiophene rings is 1. The summed E-state index contributed by atoms with van der Waals surface area (Å²) < 4.78 is 0. The Hall–Kier alpha value is -2.45. The molecule has 0 unspecified atom stereocenters. The number of hydrogen-bond donors (Lipinski definition) is 1. The first-order valence-corrected chi connectivity index (χ1v) is 11.3. The largest absolute Gasteiger partial charge is 0.350 e. The Morgan fingerprint density at radius 3 is 2.76 bits per heavy atom. The number of fused-ring (bicyclic) bond motifs is 3. The zero-order valence-corrected chi connectivity index (χ0v) is 18.1. The van der Waals surface area contributed by atoms with Gasteiger partial charge in [-0.2, -0.15) is 0 Å². The molecule has 1 aromatic carbocycles. The lowest BCUT2D eigenvalue weighted by Crippen LogP contribution is -2.43. The summed E-state index contributed by atoms with van der Waals surface area (Å²) in [5.74, 6) is 0.552. The fourth-order valence-corrected chi connectivity index (χ4v) is 4.81. The van der Waals surface area contributed by atoms with Gasteiger partial charge in [0.1, 0.15) is 11.9 Å². The lowest BCUT2D eigenvalue weighted by molar-refractivity contribution is -0.125. The second kappa shape index (κ2) is 8.12. The predicted molar refractivity (Wildman–Crippen MR) is 119 cm³/mol. The smallest absolute Gasteiger partial charge is 0.259 e. The number of carbonyl (C=O) groups is 2. The summed E-state index contributed by atoms with van der Waals surface area (Å²) in [7, 11) is 0. The summed E-state index contributed by atoms with van der Waals surface area (Å²) in [5, 5.41) is 5.05. The van der Waals surface area contributed by atoms with Crippen LogP contribution in [0.1, 0.15) is 31.2 Å². The minimum absolute atomic E-state index is 0.0815. The van der Waals surface area contributed by atoms with Crippen LogP contribution in [0.25, 0.3) is 0 Å². The van der Waals surface area contributed by atoms with Crippen molar-refractivity contribution in [3.8, 4) is 0 Å². The van der Waals surface area contributed by atoms with Crippen LogP contribution in [-0.4, -0.2) is 39.0 Å². The van der Waals surface area contributed by atoms with Crippen LogP contribution in [0.15, 0.2) is 51.8 Å². The van der Waals surface area contributed by atoms with Gasteiger partial charge in [0.25, 0.3) is 5.91 Å². The monoisotopic (exact) mass is 426 g/mol. The molecule has 8 heteroatoms. The summed E-state index contributed by atoms with van der Waals surface area (Å²) in [4.78, 5) is 37.7. The molecule has 2 aliphatic heterocycles. The van der Waals surface area contributed by atoms with Gasteiger partial charge in [-0.25, -0.2) is 9.89 Å². The molecular weight excluding hydrogens is 404 g/mol. The Morgan fingerprint density at radius 2 is 2.03 bits per heavy atom. The van der Waals surface area contributed by atoms with E-state index in [0.717, 1.165) is 16.1 Å². The number of amidine groups is 2. The fraction of sp³-hybridized carbons (Fsp3) is 0.333. The highest BCUT2D eigenvalue weighted by molar-refractivity contribution is 8.15. The van der Waals surface area contributed by atoms with E-state index in [1.807, 2.05) is 62.5 Å². The van der Waals surface area contributed by atoms with Crippen molar-refractivity contribution in [1.82, 2.24) is 10.2 Å². The second-order valence-corrected chi connectivity index (χ2v) is 9.62. The highest BCUT2D eigenvalue weighted by Gasteiger charge is 2.43. The predicted octanol–water partition coefficient (Wildman–Crippen LogP) is 3.80. The average molecular weight is 427 g/mol. The maximum Gasteiger partial charge on any atom is 0.259 e. The van der Waals surface area contributed by atoms with Gasteiger partial charge in [0, 0.05) is 10.4 Å². The Morgan fingerprint density at radius 1 is 1.24 bits per heavy atom. The van der Waals surface area contributed by atoms with Gasteiger partial charge in [0.15, 0.2) is 5.17 Å². The second-order valence-electron chi connectivity index (χ2n) is 7.28. The van der Waals surface area contributed by atoms with Crippen molar-refractivity contribution in [2.45, 2.75) is 38.6 Å². The van der Waals surface area contributed by atoms with E-state index in [4.69, 9.17) is 9.98 Å². The zero-order chi connectivity index (χ0) is 20.5. The molecule has 1 N–H and O–H groups in total. The number of aliphatic imine (C=N–C) groups is 2. The van der Waals surface area contributed by atoms with Crippen LogP contribution in [-0.2, 0) is 16.1 Å². The molecular formula is C21H22N4O2S2. The molecule has 0 saturated carbocycles. The first kappa shape index (κ1) is 19.8. The molecule has 2 aromatic rings. The number of para-hydroxylation sites is 1. The van der Waals surface area contributed by atoms with E-state index in [9.17, 15) is 9.59 Å². The summed E-state index contributed by atoms with van der Waals surface area (Å²) in [6.07, 6.45) is 0. The highest BCUT2D eigenvalue weighted by atomic mass is 32.2. The van der Waals surface area contributed by atoms with Crippen molar-refractivity contribution >= 4 is 51.6 Å². The van der Waals surface area contributed by atoms with E-state index in [0.29, 0.717) is 17.5 Å². The minimum Gasteiger partial charge on any atom is -0.350 e. The average Bonchev–Trinajstić information content (AvgIpc) is 3.34.